The lowest BCUT2D eigenvalue weighted by atomic mass is 10.2. The van der Waals surface area contributed by atoms with Gasteiger partial charge in [-0.3, -0.25) is 10.1 Å². The molecule has 7 nitrogen and oxygen atoms in total. The maximum absolute atomic E-state index is 10.6. The van der Waals surface area contributed by atoms with Crippen LogP contribution in [0.4, 0.5) is 17.1 Å². The van der Waals surface area contributed by atoms with Crippen LogP contribution in [0.5, 0.6) is 0 Å². The number of benzene rings is 1. The second kappa shape index (κ2) is 6.02. The van der Waals surface area contributed by atoms with Crippen molar-refractivity contribution >= 4 is 17.1 Å². The molecular formula is C10H15N3O4. The van der Waals surface area contributed by atoms with Crippen LogP contribution in [0.25, 0.3) is 0 Å². The molecule has 1 aromatic rings. The number of nitro groups is 1. The van der Waals surface area contributed by atoms with E-state index >= 15 is 0 Å². The molecule has 1 rings (SSSR count). The number of hydrogen-bond acceptors (Lipinski definition) is 6. The highest BCUT2D eigenvalue weighted by Gasteiger charge is 2.13. The Morgan fingerprint density at radius 1 is 1.29 bits per heavy atom. The van der Waals surface area contributed by atoms with Crippen LogP contribution in [0.2, 0.25) is 0 Å². The van der Waals surface area contributed by atoms with Crippen molar-refractivity contribution in [3.63, 3.8) is 0 Å². The summed E-state index contributed by atoms with van der Waals surface area (Å²) in [5.74, 6) is 0. The Balaban J connectivity index is 2.97. The fourth-order valence-corrected chi connectivity index (χ4v) is 1.52. The lowest BCUT2D eigenvalue weighted by Crippen LogP contribution is -2.29. The van der Waals surface area contributed by atoms with Crippen LogP contribution in [0, 0.1) is 10.1 Å². The first-order chi connectivity index (χ1) is 8.10. The molecule has 4 N–H and O–H groups in total. The van der Waals surface area contributed by atoms with Gasteiger partial charge in [0.05, 0.1) is 18.1 Å². The van der Waals surface area contributed by atoms with Gasteiger partial charge in [0.25, 0.3) is 5.69 Å². The van der Waals surface area contributed by atoms with Gasteiger partial charge in [-0.15, -0.1) is 0 Å². The van der Waals surface area contributed by atoms with Gasteiger partial charge in [0.1, 0.15) is 5.69 Å². The molecule has 0 aliphatic heterocycles. The molecule has 94 valence electrons. The number of aliphatic hydroxyl groups is 2. The van der Waals surface area contributed by atoms with Crippen LogP contribution in [0.1, 0.15) is 0 Å². The van der Waals surface area contributed by atoms with Gasteiger partial charge in [-0.05, 0) is 12.1 Å². The van der Waals surface area contributed by atoms with Crippen LogP contribution in [-0.4, -0.2) is 41.4 Å². The Hall–Kier alpha value is -1.86. The average molecular weight is 241 g/mol. The third-order valence-corrected chi connectivity index (χ3v) is 2.31. The molecule has 0 amide bonds. The Bertz CT molecular complexity index is 391. The predicted octanol–water partition coefficient (Wildman–Crippen LogP) is -0.0320. The summed E-state index contributed by atoms with van der Waals surface area (Å²) >= 11 is 0. The number of anilines is 2. The third-order valence-electron chi connectivity index (χ3n) is 2.31. The summed E-state index contributed by atoms with van der Waals surface area (Å²) < 4.78 is 0. The molecular weight excluding hydrogens is 226 g/mol. The standard InChI is InChI=1S/C10H15N3O4/c11-9-7-8(1-2-10(9)13(16)17)12(3-5-14)4-6-15/h1-2,7,14-15H,3-6,11H2. The van der Waals surface area contributed by atoms with E-state index < -0.39 is 4.92 Å². The van der Waals surface area contributed by atoms with E-state index in [2.05, 4.69) is 0 Å². The largest absolute Gasteiger partial charge is 0.395 e. The molecule has 0 saturated carbocycles. The van der Waals surface area contributed by atoms with Crippen LogP contribution in [-0.2, 0) is 0 Å². The van der Waals surface area contributed by atoms with Gasteiger partial charge < -0.3 is 20.8 Å². The zero-order valence-corrected chi connectivity index (χ0v) is 9.24. The maximum atomic E-state index is 10.6. The van der Waals surface area contributed by atoms with Gasteiger partial charge in [-0.1, -0.05) is 0 Å². The van der Waals surface area contributed by atoms with Crippen molar-refractivity contribution in [2.24, 2.45) is 0 Å². The molecule has 0 unspecified atom stereocenters. The van der Waals surface area contributed by atoms with Crippen molar-refractivity contribution in [2.45, 2.75) is 0 Å². The van der Waals surface area contributed by atoms with E-state index in [1.54, 1.807) is 11.0 Å². The predicted molar refractivity (Wildman–Crippen MR) is 63.9 cm³/mol. The van der Waals surface area contributed by atoms with Gasteiger partial charge in [0.15, 0.2) is 0 Å². The van der Waals surface area contributed by atoms with E-state index in [4.69, 9.17) is 15.9 Å². The van der Waals surface area contributed by atoms with Crippen LogP contribution < -0.4 is 10.6 Å². The third kappa shape index (κ3) is 3.30. The Kier molecular flexibility index (Phi) is 4.68. The molecule has 0 heterocycles. The summed E-state index contributed by atoms with van der Waals surface area (Å²) in [5.41, 5.74) is 6.11. The highest BCUT2D eigenvalue weighted by molar-refractivity contribution is 5.66. The Morgan fingerprint density at radius 2 is 1.88 bits per heavy atom. The first kappa shape index (κ1) is 13.2. The lowest BCUT2D eigenvalue weighted by molar-refractivity contribution is -0.383. The number of hydrogen-bond donors (Lipinski definition) is 3. The van der Waals surface area contributed by atoms with Gasteiger partial charge >= 0.3 is 0 Å². The van der Waals surface area contributed by atoms with E-state index in [1.165, 1.54) is 12.1 Å². The fraction of sp³-hybridized carbons (Fsp3) is 0.400. The second-order valence-corrected chi connectivity index (χ2v) is 3.43. The minimum atomic E-state index is -0.554. The Labute approximate surface area is 98.2 Å². The number of aliphatic hydroxyl groups excluding tert-OH is 2. The van der Waals surface area contributed by atoms with Crippen molar-refractivity contribution in [3.8, 4) is 0 Å². The van der Waals surface area contributed by atoms with E-state index in [0.717, 1.165) is 0 Å². The minimum absolute atomic E-state index is 0.0633. The normalized spacial score (nSPS) is 10.2. The van der Waals surface area contributed by atoms with Gasteiger partial charge in [0.2, 0.25) is 0 Å². The smallest absolute Gasteiger partial charge is 0.292 e. The number of nitro benzene ring substituents is 1. The van der Waals surface area contributed by atoms with E-state index in [-0.39, 0.29) is 24.6 Å². The molecule has 1 aromatic carbocycles. The topological polar surface area (TPSA) is 113 Å². The first-order valence-electron chi connectivity index (χ1n) is 5.10. The summed E-state index contributed by atoms with van der Waals surface area (Å²) in [6, 6.07) is 4.32. The second-order valence-electron chi connectivity index (χ2n) is 3.43. The van der Waals surface area contributed by atoms with E-state index in [1.807, 2.05) is 0 Å². The molecule has 0 atom stereocenters. The molecule has 0 spiro atoms. The monoisotopic (exact) mass is 241 g/mol. The summed E-state index contributed by atoms with van der Waals surface area (Å²) in [6.07, 6.45) is 0. The van der Waals surface area contributed by atoms with E-state index in [0.29, 0.717) is 18.8 Å². The number of nitrogen functional groups attached to an aromatic ring is 1. The van der Waals surface area contributed by atoms with Crippen molar-refractivity contribution < 1.29 is 15.1 Å². The van der Waals surface area contributed by atoms with Gasteiger partial charge in [-0.2, -0.15) is 0 Å². The average Bonchev–Trinajstić information content (AvgIpc) is 2.28. The van der Waals surface area contributed by atoms with Crippen LogP contribution in [0.15, 0.2) is 18.2 Å². The van der Waals surface area contributed by atoms with Crippen LogP contribution >= 0.6 is 0 Å². The fourth-order valence-electron chi connectivity index (χ4n) is 1.52. The Morgan fingerprint density at radius 3 is 2.29 bits per heavy atom. The van der Waals surface area contributed by atoms with Crippen molar-refractivity contribution in [1.29, 1.82) is 0 Å². The highest BCUT2D eigenvalue weighted by atomic mass is 16.6. The maximum Gasteiger partial charge on any atom is 0.292 e. The molecule has 0 aromatic heterocycles. The molecule has 0 fully saturated rings. The molecule has 0 bridgehead atoms. The summed E-state index contributed by atoms with van der Waals surface area (Å²) in [5, 5.41) is 28.3. The quantitative estimate of drug-likeness (QED) is 0.366. The van der Waals surface area contributed by atoms with Crippen molar-refractivity contribution in [1.82, 2.24) is 0 Å². The molecule has 7 heteroatoms. The number of rotatable bonds is 6. The van der Waals surface area contributed by atoms with E-state index in [9.17, 15) is 10.1 Å². The zero-order valence-electron chi connectivity index (χ0n) is 9.24. The minimum Gasteiger partial charge on any atom is -0.395 e. The highest BCUT2D eigenvalue weighted by Crippen LogP contribution is 2.26. The molecule has 0 saturated heterocycles. The molecule has 0 aliphatic carbocycles. The molecule has 0 radical (unpaired) electrons. The van der Waals surface area contributed by atoms with Crippen LogP contribution in [0.3, 0.4) is 0 Å². The zero-order chi connectivity index (χ0) is 12.8. The van der Waals surface area contributed by atoms with Crippen molar-refractivity contribution in [2.75, 3.05) is 36.9 Å². The summed E-state index contributed by atoms with van der Waals surface area (Å²) in [6.45, 7) is 0.517. The summed E-state index contributed by atoms with van der Waals surface area (Å²) in [7, 11) is 0. The first-order valence-corrected chi connectivity index (χ1v) is 5.10. The van der Waals surface area contributed by atoms with Gasteiger partial charge in [0, 0.05) is 24.8 Å². The SMILES string of the molecule is Nc1cc(N(CCO)CCO)ccc1[N+](=O)[O-]. The number of nitrogens with zero attached hydrogens (tertiary/aromatic N) is 2. The molecule has 17 heavy (non-hydrogen) atoms. The van der Waals surface area contributed by atoms with Gasteiger partial charge in [-0.25, -0.2) is 0 Å². The molecule has 0 aliphatic rings. The summed E-state index contributed by atoms with van der Waals surface area (Å²) in [4.78, 5) is 11.7. The number of nitrogens with two attached hydrogens (primary N) is 1. The van der Waals surface area contributed by atoms with Crippen molar-refractivity contribution in [3.05, 3.63) is 28.3 Å². The lowest BCUT2D eigenvalue weighted by Gasteiger charge is -2.23.